The Labute approximate surface area is 223 Å². The maximum atomic E-state index is 13.3. The van der Waals surface area contributed by atoms with E-state index in [0.717, 1.165) is 41.9 Å². The topological polar surface area (TPSA) is 98.8 Å². The summed E-state index contributed by atoms with van der Waals surface area (Å²) >= 11 is 0. The molecule has 8 heteroatoms. The molecule has 2 N–H and O–H groups in total. The molecular weight excluding hydrogens is 480 g/mol. The van der Waals surface area contributed by atoms with Crippen molar-refractivity contribution >= 4 is 29.3 Å². The van der Waals surface area contributed by atoms with Gasteiger partial charge < -0.3 is 5.32 Å². The fourth-order valence-corrected chi connectivity index (χ4v) is 5.94. The number of piperidine rings is 2. The highest BCUT2D eigenvalue weighted by Gasteiger charge is 2.45. The Balaban J connectivity index is 1.25. The van der Waals surface area contributed by atoms with Crippen molar-refractivity contribution in [3.8, 4) is 0 Å². The van der Waals surface area contributed by atoms with E-state index in [1.165, 1.54) is 24.0 Å². The van der Waals surface area contributed by atoms with Crippen LogP contribution in [-0.2, 0) is 22.7 Å². The Bertz CT molecular complexity index is 1280. The Hall–Kier alpha value is -3.52. The maximum Gasteiger partial charge on any atom is 0.264 e. The van der Waals surface area contributed by atoms with Gasteiger partial charge in [-0.2, -0.15) is 0 Å². The predicted molar refractivity (Wildman–Crippen MR) is 144 cm³/mol. The van der Waals surface area contributed by atoms with Crippen LogP contribution in [0.25, 0.3) is 0 Å². The molecule has 0 saturated carbocycles. The third-order valence-electron chi connectivity index (χ3n) is 8.33. The molecular formula is C30H36N4O4. The maximum absolute atomic E-state index is 13.3. The van der Waals surface area contributed by atoms with Gasteiger partial charge in [0.2, 0.25) is 11.8 Å². The van der Waals surface area contributed by atoms with Crippen molar-refractivity contribution in [3.05, 3.63) is 64.2 Å². The summed E-state index contributed by atoms with van der Waals surface area (Å²) in [5.41, 5.74) is 4.71. The summed E-state index contributed by atoms with van der Waals surface area (Å²) in [4.78, 5) is 53.8. The Morgan fingerprint density at radius 2 is 1.76 bits per heavy atom. The number of fused-ring (bicyclic) bond motifs is 1. The summed E-state index contributed by atoms with van der Waals surface area (Å²) in [5.74, 6) is -0.408. The van der Waals surface area contributed by atoms with Gasteiger partial charge in [0, 0.05) is 25.2 Å². The SMILES string of the molecule is Cc1cc(CN2CCC(C(C)C)CC2)ccc1CNc1cccc2c1C(=O)N(C1CCC(=O)NC1=O)C2=O. The molecule has 1 atom stereocenters. The van der Waals surface area contributed by atoms with E-state index in [0.29, 0.717) is 12.2 Å². The first-order chi connectivity index (χ1) is 18.2. The van der Waals surface area contributed by atoms with Crippen molar-refractivity contribution < 1.29 is 19.2 Å². The van der Waals surface area contributed by atoms with Crippen molar-refractivity contribution in [2.24, 2.45) is 11.8 Å². The number of carbonyl (C=O) groups is 4. The van der Waals surface area contributed by atoms with Crippen molar-refractivity contribution in [3.63, 3.8) is 0 Å². The third-order valence-corrected chi connectivity index (χ3v) is 8.33. The van der Waals surface area contributed by atoms with Gasteiger partial charge in [-0.05, 0) is 79.9 Å². The fraction of sp³-hybridized carbons (Fsp3) is 0.467. The normalized spacial score (nSPS) is 20.7. The molecule has 5 rings (SSSR count). The Kier molecular flexibility index (Phi) is 7.34. The summed E-state index contributed by atoms with van der Waals surface area (Å²) in [7, 11) is 0. The summed E-state index contributed by atoms with van der Waals surface area (Å²) in [5, 5.41) is 5.58. The van der Waals surface area contributed by atoms with Gasteiger partial charge >= 0.3 is 0 Å². The quantitative estimate of drug-likeness (QED) is 0.542. The van der Waals surface area contributed by atoms with Crippen LogP contribution in [0.15, 0.2) is 36.4 Å². The van der Waals surface area contributed by atoms with Crippen LogP contribution in [0.5, 0.6) is 0 Å². The molecule has 0 aliphatic carbocycles. The lowest BCUT2D eigenvalue weighted by atomic mass is 9.86. The summed E-state index contributed by atoms with van der Waals surface area (Å²) in [6.07, 6.45) is 2.77. The number of aryl methyl sites for hydroxylation is 1. The first kappa shape index (κ1) is 26.1. The van der Waals surface area contributed by atoms with Crippen LogP contribution in [0.1, 0.15) is 76.9 Å². The van der Waals surface area contributed by atoms with Crippen LogP contribution in [0.4, 0.5) is 5.69 Å². The van der Waals surface area contributed by atoms with Crippen LogP contribution < -0.4 is 10.6 Å². The lowest BCUT2D eigenvalue weighted by molar-refractivity contribution is -0.136. The number of rotatable bonds is 7. The van der Waals surface area contributed by atoms with Crippen molar-refractivity contribution in [1.29, 1.82) is 0 Å². The lowest BCUT2D eigenvalue weighted by Gasteiger charge is -2.34. The standard InChI is InChI=1S/C30H36N4O4/c1-18(2)21-11-13-33(14-12-21)17-20-7-8-22(19(3)15-20)16-31-24-6-4-5-23-27(24)30(38)34(29(23)37)25-9-10-26(35)32-28(25)36/h4-8,15,18,21,25,31H,9-14,16-17H2,1-3H3,(H,32,35,36). The van der Waals surface area contributed by atoms with Crippen LogP contribution in [0, 0.1) is 18.8 Å². The molecule has 0 radical (unpaired) electrons. The van der Waals surface area contributed by atoms with Crippen LogP contribution in [0.2, 0.25) is 0 Å². The van der Waals surface area contributed by atoms with Gasteiger partial charge in [0.15, 0.2) is 0 Å². The monoisotopic (exact) mass is 516 g/mol. The van der Waals surface area contributed by atoms with E-state index < -0.39 is 23.8 Å². The minimum Gasteiger partial charge on any atom is -0.380 e. The van der Waals surface area contributed by atoms with Gasteiger partial charge in [-0.3, -0.25) is 34.3 Å². The number of imide groups is 2. The van der Waals surface area contributed by atoms with E-state index in [1.54, 1.807) is 18.2 Å². The number of amides is 4. The van der Waals surface area contributed by atoms with E-state index in [4.69, 9.17) is 0 Å². The highest BCUT2D eigenvalue weighted by Crippen LogP contribution is 2.33. The van der Waals surface area contributed by atoms with E-state index in [2.05, 4.69) is 54.5 Å². The first-order valence-electron chi connectivity index (χ1n) is 13.6. The number of hydrogen-bond acceptors (Lipinski definition) is 6. The lowest BCUT2D eigenvalue weighted by Crippen LogP contribution is -2.54. The Morgan fingerprint density at radius 3 is 2.45 bits per heavy atom. The average molecular weight is 517 g/mol. The van der Waals surface area contributed by atoms with E-state index in [1.807, 2.05) is 0 Å². The highest BCUT2D eigenvalue weighted by molar-refractivity contribution is 6.25. The first-order valence-corrected chi connectivity index (χ1v) is 13.6. The molecule has 0 aromatic heterocycles. The van der Waals surface area contributed by atoms with Crippen LogP contribution in [0.3, 0.4) is 0 Å². The smallest absolute Gasteiger partial charge is 0.264 e. The van der Waals surface area contributed by atoms with Crippen LogP contribution in [-0.4, -0.2) is 52.6 Å². The molecule has 2 saturated heterocycles. The van der Waals surface area contributed by atoms with Gasteiger partial charge in [-0.1, -0.05) is 38.1 Å². The van der Waals surface area contributed by atoms with Gasteiger partial charge in [0.1, 0.15) is 6.04 Å². The number of anilines is 1. The van der Waals surface area contributed by atoms with Crippen molar-refractivity contribution in [2.75, 3.05) is 18.4 Å². The fourth-order valence-electron chi connectivity index (χ4n) is 5.94. The van der Waals surface area contributed by atoms with Crippen LogP contribution >= 0.6 is 0 Å². The predicted octanol–water partition coefficient (Wildman–Crippen LogP) is 3.88. The zero-order valence-electron chi connectivity index (χ0n) is 22.4. The molecule has 4 amide bonds. The minimum absolute atomic E-state index is 0.0976. The molecule has 2 aromatic rings. The number of nitrogens with zero attached hydrogens (tertiary/aromatic N) is 2. The summed E-state index contributed by atoms with van der Waals surface area (Å²) in [6.45, 7) is 10.5. The number of likely N-dealkylation sites (tertiary alicyclic amines) is 1. The highest BCUT2D eigenvalue weighted by atomic mass is 16.2. The van der Waals surface area contributed by atoms with Gasteiger partial charge in [-0.25, -0.2) is 0 Å². The molecule has 200 valence electrons. The molecule has 0 spiro atoms. The summed E-state index contributed by atoms with van der Waals surface area (Å²) < 4.78 is 0. The zero-order valence-corrected chi connectivity index (χ0v) is 22.4. The van der Waals surface area contributed by atoms with Crippen molar-refractivity contribution in [1.82, 2.24) is 15.1 Å². The van der Waals surface area contributed by atoms with Gasteiger partial charge in [0.05, 0.1) is 11.1 Å². The molecule has 8 nitrogen and oxygen atoms in total. The zero-order chi connectivity index (χ0) is 27.0. The number of hydrogen-bond donors (Lipinski definition) is 2. The molecule has 3 aliphatic rings. The molecule has 1 unspecified atom stereocenters. The average Bonchev–Trinajstić information content (AvgIpc) is 3.14. The molecule has 3 aliphatic heterocycles. The number of carbonyl (C=O) groups excluding carboxylic acids is 4. The second-order valence-corrected chi connectivity index (χ2v) is 11.1. The number of benzene rings is 2. The second kappa shape index (κ2) is 10.7. The molecule has 2 aromatic carbocycles. The van der Waals surface area contributed by atoms with Gasteiger partial charge in [-0.15, -0.1) is 0 Å². The molecule has 2 fully saturated rings. The summed E-state index contributed by atoms with van der Waals surface area (Å²) in [6, 6.07) is 10.7. The third kappa shape index (κ3) is 5.10. The molecule has 3 heterocycles. The minimum atomic E-state index is -0.973. The Morgan fingerprint density at radius 1 is 1.00 bits per heavy atom. The van der Waals surface area contributed by atoms with E-state index in [9.17, 15) is 19.2 Å². The van der Waals surface area contributed by atoms with Gasteiger partial charge in [0.25, 0.3) is 11.8 Å². The van der Waals surface area contributed by atoms with E-state index >= 15 is 0 Å². The molecule has 38 heavy (non-hydrogen) atoms. The molecule has 0 bridgehead atoms. The second-order valence-electron chi connectivity index (χ2n) is 11.1. The van der Waals surface area contributed by atoms with E-state index in [-0.39, 0.29) is 29.9 Å². The largest absolute Gasteiger partial charge is 0.380 e. The number of nitrogens with one attached hydrogen (secondary N) is 2. The van der Waals surface area contributed by atoms with Crippen molar-refractivity contribution in [2.45, 2.75) is 65.6 Å².